The van der Waals surface area contributed by atoms with Crippen LogP contribution in [0.4, 0.5) is 5.00 Å². The normalized spacial score (nSPS) is 13.0. The average Bonchev–Trinajstić information content (AvgIpc) is 3.28. The van der Waals surface area contributed by atoms with Gasteiger partial charge in [0.15, 0.2) is 5.76 Å². The highest BCUT2D eigenvalue weighted by atomic mass is 32.1. The largest absolute Gasteiger partial charge is 0.465 e. The first-order valence-electron chi connectivity index (χ1n) is 8.44. The number of hydrogen-bond donors (Lipinski definition) is 2. The first kappa shape index (κ1) is 18.2. The van der Waals surface area contributed by atoms with E-state index < -0.39 is 5.97 Å². The molecule has 0 saturated heterocycles. The Bertz CT molecular complexity index is 810. The summed E-state index contributed by atoms with van der Waals surface area (Å²) in [6.45, 7) is 0.171. The molecule has 2 heterocycles. The Morgan fingerprint density at radius 2 is 2.08 bits per heavy atom. The summed E-state index contributed by atoms with van der Waals surface area (Å²) in [5.41, 5.74) is 1.47. The summed E-state index contributed by atoms with van der Waals surface area (Å²) in [4.78, 5) is 37.3. The van der Waals surface area contributed by atoms with Crippen molar-refractivity contribution in [3.63, 3.8) is 0 Å². The molecule has 0 radical (unpaired) electrons. The van der Waals surface area contributed by atoms with E-state index in [2.05, 4.69) is 10.6 Å². The summed E-state index contributed by atoms with van der Waals surface area (Å²) in [6, 6.07) is 3.17. The van der Waals surface area contributed by atoms with Crippen molar-refractivity contribution in [3.05, 3.63) is 40.2 Å². The third-order valence-electron chi connectivity index (χ3n) is 4.20. The third kappa shape index (κ3) is 3.96. The van der Waals surface area contributed by atoms with E-state index in [1.165, 1.54) is 24.7 Å². The number of fused-ring (bicyclic) bond motifs is 1. The number of thiophene rings is 1. The van der Waals surface area contributed by atoms with Gasteiger partial charge in [-0.1, -0.05) is 0 Å². The molecule has 0 saturated carbocycles. The number of methoxy groups -OCH3 is 1. The molecule has 138 valence electrons. The molecule has 2 aromatic rings. The van der Waals surface area contributed by atoms with Crippen LogP contribution in [0.2, 0.25) is 0 Å². The van der Waals surface area contributed by atoms with Gasteiger partial charge in [-0.05, 0) is 43.4 Å². The molecule has 0 spiro atoms. The number of aryl methyl sites for hydroxylation is 1. The molecule has 0 aliphatic heterocycles. The van der Waals surface area contributed by atoms with E-state index in [-0.39, 0.29) is 30.5 Å². The summed E-state index contributed by atoms with van der Waals surface area (Å²) >= 11 is 1.44. The second kappa shape index (κ2) is 8.18. The lowest BCUT2D eigenvalue weighted by atomic mass is 9.95. The molecule has 0 bridgehead atoms. The Hall–Kier alpha value is -2.61. The molecule has 7 nitrogen and oxygen atoms in total. The van der Waals surface area contributed by atoms with Crippen molar-refractivity contribution in [3.8, 4) is 0 Å². The predicted octanol–water partition coefficient (Wildman–Crippen LogP) is 2.77. The third-order valence-corrected chi connectivity index (χ3v) is 5.40. The molecule has 2 aromatic heterocycles. The van der Waals surface area contributed by atoms with E-state index in [4.69, 9.17) is 9.15 Å². The molecule has 26 heavy (non-hydrogen) atoms. The second-order valence-electron chi connectivity index (χ2n) is 5.94. The fraction of sp³-hybridized carbons (Fsp3) is 0.389. The SMILES string of the molecule is COC(=O)c1c(NC(=O)CCNC(=O)c2ccco2)sc2c1CCCC2. The van der Waals surface area contributed by atoms with Crippen LogP contribution in [0.25, 0.3) is 0 Å². The Kier molecular flexibility index (Phi) is 5.72. The molecule has 0 unspecified atom stereocenters. The molecule has 0 atom stereocenters. The number of amides is 2. The minimum absolute atomic E-state index is 0.0929. The highest BCUT2D eigenvalue weighted by Gasteiger charge is 2.26. The molecule has 1 aliphatic rings. The van der Waals surface area contributed by atoms with Crippen molar-refractivity contribution in [2.24, 2.45) is 0 Å². The summed E-state index contributed by atoms with van der Waals surface area (Å²) in [5.74, 6) is -0.867. The van der Waals surface area contributed by atoms with E-state index in [1.807, 2.05) is 0 Å². The minimum atomic E-state index is -0.425. The standard InChI is InChI=1S/C18H20N2O5S/c1-24-18(23)15-11-5-2-3-7-13(11)26-17(15)20-14(21)8-9-19-16(22)12-6-4-10-25-12/h4,6,10H,2-3,5,7-9H2,1H3,(H,19,22)(H,20,21). The molecular formula is C18H20N2O5S. The van der Waals surface area contributed by atoms with Crippen molar-refractivity contribution in [1.82, 2.24) is 5.32 Å². The van der Waals surface area contributed by atoms with E-state index in [9.17, 15) is 14.4 Å². The number of furan rings is 1. The number of carbonyl (C=O) groups is 3. The zero-order chi connectivity index (χ0) is 18.5. The lowest BCUT2D eigenvalue weighted by Crippen LogP contribution is -2.27. The summed E-state index contributed by atoms with van der Waals surface area (Å²) < 4.78 is 9.87. The minimum Gasteiger partial charge on any atom is -0.465 e. The molecule has 8 heteroatoms. The molecule has 1 aliphatic carbocycles. The van der Waals surface area contributed by atoms with E-state index in [0.29, 0.717) is 10.6 Å². The number of rotatable bonds is 6. The van der Waals surface area contributed by atoms with Crippen molar-refractivity contribution in [1.29, 1.82) is 0 Å². The van der Waals surface area contributed by atoms with Crippen molar-refractivity contribution < 1.29 is 23.5 Å². The number of carbonyl (C=O) groups excluding carboxylic acids is 3. The maximum absolute atomic E-state index is 12.2. The van der Waals surface area contributed by atoms with Gasteiger partial charge >= 0.3 is 5.97 Å². The van der Waals surface area contributed by atoms with Crippen LogP contribution in [0, 0.1) is 0 Å². The first-order valence-corrected chi connectivity index (χ1v) is 9.26. The maximum Gasteiger partial charge on any atom is 0.341 e. The van der Waals surface area contributed by atoms with E-state index in [0.717, 1.165) is 36.1 Å². The number of esters is 1. The van der Waals surface area contributed by atoms with Gasteiger partial charge in [0.1, 0.15) is 5.00 Å². The van der Waals surface area contributed by atoms with Crippen molar-refractivity contribution >= 4 is 34.1 Å². The van der Waals surface area contributed by atoms with Gasteiger partial charge in [0.25, 0.3) is 5.91 Å². The van der Waals surface area contributed by atoms with Crippen LogP contribution in [-0.2, 0) is 22.4 Å². The van der Waals surface area contributed by atoms with Gasteiger partial charge in [-0.15, -0.1) is 11.3 Å². The van der Waals surface area contributed by atoms with Crippen molar-refractivity contribution in [2.45, 2.75) is 32.1 Å². The zero-order valence-corrected chi connectivity index (χ0v) is 15.2. The van der Waals surface area contributed by atoms with Gasteiger partial charge < -0.3 is 19.8 Å². The topological polar surface area (TPSA) is 97.6 Å². The quantitative estimate of drug-likeness (QED) is 0.756. The van der Waals surface area contributed by atoms with Crippen LogP contribution < -0.4 is 10.6 Å². The lowest BCUT2D eigenvalue weighted by Gasteiger charge is -2.11. The summed E-state index contributed by atoms with van der Waals surface area (Å²) in [5, 5.41) is 5.95. The van der Waals surface area contributed by atoms with Crippen LogP contribution in [0.15, 0.2) is 22.8 Å². The van der Waals surface area contributed by atoms with Gasteiger partial charge in [-0.2, -0.15) is 0 Å². The van der Waals surface area contributed by atoms with E-state index >= 15 is 0 Å². The van der Waals surface area contributed by atoms with Gasteiger partial charge in [-0.3, -0.25) is 9.59 Å². The fourth-order valence-corrected chi connectivity index (χ4v) is 4.24. The predicted molar refractivity (Wildman–Crippen MR) is 96.6 cm³/mol. The molecule has 0 aromatic carbocycles. The van der Waals surface area contributed by atoms with E-state index in [1.54, 1.807) is 12.1 Å². The van der Waals surface area contributed by atoms with Gasteiger partial charge in [0, 0.05) is 17.8 Å². The Morgan fingerprint density at radius 3 is 2.81 bits per heavy atom. The van der Waals surface area contributed by atoms with Gasteiger partial charge in [0.2, 0.25) is 5.91 Å². The highest BCUT2D eigenvalue weighted by Crippen LogP contribution is 2.38. The summed E-state index contributed by atoms with van der Waals surface area (Å²) in [7, 11) is 1.34. The van der Waals surface area contributed by atoms with Crippen LogP contribution in [-0.4, -0.2) is 31.4 Å². The van der Waals surface area contributed by atoms with Gasteiger partial charge in [0.05, 0.1) is 18.9 Å². The summed E-state index contributed by atoms with van der Waals surface area (Å²) in [6.07, 6.45) is 5.36. The fourth-order valence-electron chi connectivity index (χ4n) is 2.95. The molecule has 0 fully saturated rings. The lowest BCUT2D eigenvalue weighted by molar-refractivity contribution is -0.116. The van der Waals surface area contributed by atoms with Gasteiger partial charge in [-0.25, -0.2) is 4.79 Å². The van der Waals surface area contributed by atoms with Crippen LogP contribution in [0.5, 0.6) is 0 Å². The average molecular weight is 376 g/mol. The Morgan fingerprint density at radius 1 is 1.27 bits per heavy atom. The highest BCUT2D eigenvalue weighted by molar-refractivity contribution is 7.17. The smallest absolute Gasteiger partial charge is 0.341 e. The first-order chi connectivity index (χ1) is 12.6. The van der Waals surface area contributed by atoms with Crippen LogP contribution >= 0.6 is 11.3 Å². The molecule has 2 N–H and O–H groups in total. The van der Waals surface area contributed by atoms with Crippen molar-refractivity contribution in [2.75, 3.05) is 19.0 Å². The number of ether oxygens (including phenoxy) is 1. The Labute approximate surface area is 154 Å². The number of hydrogen-bond acceptors (Lipinski definition) is 6. The molecule has 3 rings (SSSR count). The van der Waals surface area contributed by atoms with Crippen LogP contribution in [0.3, 0.4) is 0 Å². The second-order valence-corrected chi connectivity index (χ2v) is 7.04. The monoisotopic (exact) mass is 376 g/mol. The number of anilines is 1. The van der Waals surface area contributed by atoms with Crippen LogP contribution in [0.1, 0.15) is 50.6 Å². The zero-order valence-electron chi connectivity index (χ0n) is 14.4. The maximum atomic E-state index is 12.2. The number of nitrogens with one attached hydrogen (secondary N) is 2. The molecular weight excluding hydrogens is 356 g/mol. The molecule has 2 amide bonds. The Balaban J connectivity index is 1.61.